The van der Waals surface area contributed by atoms with Crippen LogP contribution in [0.15, 0.2) is 24.3 Å². The molecule has 1 N–H and O–H groups in total. The summed E-state index contributed by atoms with van der Waals surface area (Å²) in [5, 5.41) is 2.97. The molecule has 4 aliphatic rings. The lowest BCUT2D eigenvalue weighted by Crippen LogP contribution is -2.59. The normalized spacial score (nSPS) is 29.4. The van der Waals surface area contributed by atoms with Crippen LogP contribution in [-0.2, 0) is 11.3 Å². The third-order valence-corrected chi connectivity index (χ3v) is 6.53. The lowest BCUT2D eigenvalue weighted by atomic mass is 9.85. The maximum Gasteiger partial charge on any atom is 0.466 e. The number of carbonyl (C=O) groups excluding carboxylic acids is 1. The second-order valence-corrected chi connectivity index (χ2v) is 8.37. The van der Waals surface area contributed by atoms with E-state index in [2.05, 4.69) is 17.4 Å². The molecule has 1 aromatic rings. The van der Waals surface area contributed by atoms with Crippen molar-refractivity contribution in [3.8, 4) is 0 Å². The number of carbonyl (C=O) groups is 1. The molecule has 0 spiro atoms. The average Bonchev–Trinajstić information content (AvgIpc) is 2.64. The molecule has 4 heteroatoms. The van der Waals surface area contributed by atoms with Crippen molar-refractivity contribution in [1.29, 1.82) is 0 Å². The van der Waals surface area contributed by atoms with Crippen LogP contribution >= 0.6 is 0 Å². The van der Waals surface area contributed by atoms with Crippen molar-refractivity contribution in [2.24, 2.45) is 11.8 Å². The van der Waals surface area contributed by atoms with Gasteiger partial charge in [-0.2, -0.15) is 0 Å². The predicted molar refractivity (Wildman–Crippen MR) is 99.0 cm³/mol. The highest BCUT2D eigenvalue weighted by Crippen LogP contribution is 2.34. The summed E-state index contributed by atoms with van der Waals surface area (Å²) in [6.45, 7) is 2.96. The first kappa shape index (κ1) is 16.9. The number of piperidine rings is 3. The zero-order valence-electron chi connectivity index (χ0n) is 15.2. The summed E-state index contributed by atoms with van der Waals surface area (Å²) in [6.07, 6.45) is 11.3. The number of benzene rings is 1. The first-order chi connectivity index (χ1) is 12.2. The Morgan fingerprint density at radius 2 is 1.76 bits per heavy atom. The molecule has 3 saturated heterocycles. The molecule has 5 rings (SSSR count). The molecule has 2 bridgehead atoms. The molecule has 1 aliphatic carbocycles. The first-order valence-electron chi connectivity index (χ1n) is 10.2. The first-order valence-corrected chi connectivity index (χ1v) is 10.2. The summed E-state index contributed by atoms with van der Waals surface area (Å²) in [5.41, 5.74) is 2.19. The van der Waals surface area contributed by atoms with E-state index in [4.69, 9.17) is 4.84 Å². The fourth-order valence-electron chi connectivity index (χ4n) is 4.98. The van der Waals surface area contributed by atoms with Crippen LogP contribution in [-0.4, -0.2) is 30.4 Å². The molecule has 0 atom stereocenters. The number of nitrogens with zero attached hydrogens (tertiary/aromatic N) is 1. The molecule has 1 amide bonds. The number of fused-ring (bicyclic) bond motifs is 3. The quantitative estimate of drug-likeness (QED) is 0.789. The summed E-state index contributed by atoms with van der Waals surface area (Å²) in [6, 6.07) is 8.32. The molecule has 3 aliphatic heterocycles. The Labute approximate surface area is 151 Å². The topological polar surface area (TPSA) is 38.3 Å². The average molecular weight is 343 g/mol. The third-order valence-electron chi connectivity index (χ3n) is 6.53. The highest BCUT2D eigenvalue weighted by molar-refractivity contribution is 5.84. The number of hydrogen-bond donors (Lipinski definition) is 1. The number of nitrogens with one attached hydrogen (secondary N) is 1. The number of hydrogen-bond acceptors (Lipinski definition) is 2. The molecule has 1 saturated carbocycles. The highest BCUT2D eigenvalue weighted by atomic mass is 16.8. The summed E-state index contributed by atoms with van der Waals surface area (Å²) in [5.74, 6) is 1.67. The van der Waals surface area contributed by atoms with Crippen LogP contribution in [0.4, 0.5) is 10.5 Å². The second kappa shape index (κ2) is 7.36. The number of amides is 1. The summed E-state index contributed by atoms with van der Waals surface area (Å²) in [4.78, 5) is 18.3. The number of quaternary nitrogens is 1. The Morgan fingerprint density at radius 3 is 2.48 bits per heavy atom. The second-order valence-electron chi connectivity index (χ2n) is 8.37. The maximum absolute atomic E-state index is 12.4. The van der Waals surface area contributed by atoms with Gasteiger partial charge in [-0.15, -0.1) is 4.65 Å². The van der Waals surface area contributed by atoms with Gasteiger partial charge in [0.15, 0.2) is 0 Å². The van der Waals surface area contributed by atoms with Gasteiger partial charge < -0.3 is 0 Å². The van der Waals surface area contributed by atoms with Crippen molar-refractivity contribution < 1.29 is 14.3 Å². The zero-order valence-corrected chi connectivity index (χ0v) is 15.2. The van der Waals surface area contributed by atoms with Crippen molar-refractivity contribution in [1.82, 2.24) is 0 Å². The van der Waals surface area contributed by atoms with Gasteiger partial charge in [0, 0.05) is 24.9 Å². The monoisotopic (exact) mass is 343 g/mol. The molecular weight excluding hydrogens is 312 g/mol. The van der Waals surface area contributed by atoms with E-state index in [9.17, 15) is 4.79 Å². The fourth-order valence-corrected chi connectivity index (χ4v) is 4.98. The van der Waals surface area contributed by atoms with Crippen LogP contribution in [0.3, 0.4) is 0 Å². The Hall–Kier alpha value is -1.55. The van der Waals surface area contributed by atoms with Gasteiger partial charge in [-0.05, 0) is 36.0 Å². The standard InChI is InChI=1S/C21H30N2O2/c24-21(25-23-12-9-17(10-13-23)11-14-23)22-20-8-4-7-19(16-20)15-18-5-2-1-3-6-18/h4,7-8,16-18H,1-3,5-6,9-15H2/p+1. The van der Waals surface area contributed by atoms with Crippen LogP contribution in [0.25, 0.3) is 0 Å². The van der Waals surface area contributed by atoms with Crippen LogP contribution in [0.5, 0.6) is 0 Å². The Balaban J connectivity index is 1.33. The fraction of sp³-hybridized carbons (Fsp3) is 0.667. The van der Waals surface area contributed by atoms with Gasteiger partial charge in [-0.3, -0.25) is 10.2 Å². The van der Waals surface area contributed by atoms with E-state index in [1.807, 2.05) is 12.1 Å². The molecule has 0 radical (unpaired) electrons. The van der Waals surface area contributed by atoms with Crippen molar-refractivity contribution in [2.45, 2.75) is 57.8 Å². The zero-order chi connectivity index (χ0) is 17.1. The van der Waals surface area contributed by atoms with Gasteiger partial charge in [-0.25, -0.2) is 4.79 Å². The minimum Gasteiger partial charge on any atom is -0.287 e. The SMILES string of the molecule is O=C(Nc1cccc(CC2CCCCC2)c1)O[N+]12CCC(CC1)CC2. The lowest BCUT2D eigenvalue weighted by Gasteiger charge is -2.44. The Bertz CT molecular complexity index is 588. The van der Waals surface area contributed by atoms with E-state index in [0.717, 1.165) is 43.6 Å². The minimum absolute atomic E-state index is 0.296. The molecule has 0 unspecified atom stereocenters. The van der Waals surface area contributed by atoms with Crippen LogP contribution in [0, 0.1) is 11.8 Å². The van der Waals surface area contributed by atoms with Crippen molar-refractivity contribution >= 4 is 11.8 Å². The van der Waals surface area contributed by atoms with Crippen LogP contribution < -0.4 is 5.32 Å². The summed E-state index contributed by atoms with van der Waals surface area (Å²) >= 11 is 0. The number of hydroxylamine groups is 3. The van der Waals surface area contributed by atoms with Gasteiger partial charge in [0.2, 0.25) is 0 Å². The van der Waals surface area contributed by atoms with Crippen LogP contribution in [0.2, 0.25) is 0 Å². The van der Waals surface area contributed by atoms with E-state index < -0.39 is 0 Å². The Morgan fingerprint density at radius 1 is 1.04 bits per heavy atom. The van der Waals surface area contributed by atoms with Gasteiger partial charge in [0.25, 0.3) is 0 Å². The van der Waals surface area contributed by atoms with E-state index in [1.54, 1.807) is 0 Å². The van der Waals surface area contributed by atoms with Crippen molar-refractivity contribution in [3.63, 3.8) is 0 Å². The predicted octanol–water partition coefficient (Wildman–Crippen LogP) is 4.90. The molecule has 4 fully saturated rings. The van der Waals surface area contributed by atoms with E-state index in [0.29, 0.717) is 4.65 Å². The van der Waals surface area contributed by atoms with Crippen molar-refractivity contribution in [3.05, 3.63) is 29.8 Å². The third kappa shape index (κ3) is 4.17. The van der Waals surface area contributed by atoms with Crippen molar-refractivity contribution in [2.75, 3.05) is 25.0 Å². The van der Waals surface area contributed by atoms with Gasteiger partial charge >= 0.3 is 6.09 Å². The maximum atomic E-state index is 12.4. The largest absolute Gasteiger partial charge is 0.466 e. The molecule has 4 nitrogen and oxygen atoms in total. The highest BCUT2D eigenvalue weighted by Gasteiger charge is 2.43. The van der Waals surface area contributed by atoms with Crippen LogP contribution in [0.1, 0.15) is 56.9 Å². The number of rotatable bonds is 4. The van der Waals surface area contributed by atoms with E-state index in [1.165, 1.54) is 56.9 Å². The molecule has 25 heavy (non-hydrogen) atoms. The Kier molecular flexibility index (Phi) is 4.98. The molecule has 136 valence electrons. The molecular formula is C21H31N2O2+. The number of anilines is 1. The van der Waals surface area contributed by atoms with E-state index >= 15 is 0 Å². The molecule has 0 aromatic heterocycles. The van der Waals surface area contributed by atoms with E-state index in [-0.39, 0.29) is 6.09 Å². The summed E-state index contributed by atoms with van der Waals surface area (Å²) in [7, 11) is 0. The molecule has 1 aromatic carbocycles. The van der Waals surface area contributed by atoms with Gasteiger partial charge in [-0.1, -0.05) is 44.2 Å². The van der Waals surface area contributed by atoms with Gasteiger partial charge in [0.05, 0.1) is 0 Å². The summed E-state index contributed by atoms with van der Waals surface area (Å²) < 4.78 is 0.532. The minimum atomic E-state index is -0.296. The smallest absolute Gasteiger partial charge is 0.287 e. The molecule has 3 heterocycles. The van der Waals surface area contributed by atoms with Gasteiger partial charge in [0.1, 0.15) is 19.6 Å². The lowest BCUT2D eigenvalue weighted by molar-refractivity contribution is -1.10.